The van der Waals surface area contributed by atoms with Crippen molar-refractivity contribution in [2.75, 3.05) is 36.0 Å². The number of hydrogen-bond acceptors (Lipinski definition) is 8. The molecule has 1 aliphatic heterocycles. The minimum absolute atomic E-state index is 0.748. The molecule has 8 nitrogen and oxygen atoms in total. The van der Waals surface area contributed by atoms with Crippen LogP contribution in [0.3, 0.4) is 0 Å². The van der Waals surface area contributed by atoms with Gasteiger partial charge in [0.25, 0.3) is 0 Å². The zero-order valence-corrected chi connectivity index (χ0v) is 17.4. The van der Waals surface area contributed by atoms with Crippen LogP contribution in [0, 0.1) is 6.92 Å². The fourth-order valence-corrected chi connectivity index (χ4v) is 4.45. The van der Waals surface area contributed by atoms with Gasteiger partial charge in [-0.2, -0.15) is 4.52 Å². The van der Waals surface area contributed by atoms with Crippen molar-refractivity contribution in [3.05, 3.63) is 57.8 Å². The summed E-state index contributed by atoms with van der Waals surface area (Å²) < 4.78 is 1.79. The topological polar surface area (TPSA) is 75.3 Å². The van der Waals surface area contributed by atoms with Gasteiger partial charge in [-0.15, -0.1) is 25.5 Å². The standard InChI is InChI=1S/C19H19ClN8S/c1-13-21-22-16-6-7-17(25-28(13)16)26-8-10-27(11-9-26)19-24-23-18(29-19)12-14-2-4-15(20)5-3-14/h2-7H,8-12H2,1H3. The molecule has 0 N–H and O–H groups in total. The van der Waals surface area contributed by atoms with Crippen molar-refractivity contribution < 1.29 is 0 Å². The first-order valence-electron chi connectivity index (χ1n) is 9.41. The zero-order chi connectivity index (χ0) is 19.8. The Balaban J connectivity index is 1.24. The molecule has 3 aromatic heterocycles. The van der Waals surface area contributed by atoms with Gasteiger partial charge in [-0.05, 0) is 36.8 Å². The summed E-state index contributed by atoms with van der Waals surface area (Å²) in [5.74, 6) is 1.74. The molecule has 0 aliphatic carbocycles. The van der Waals surface area contributed by atoms with Crippen LogP contribution in [0.2, 0.25) is 5.02 Å². The Morgan fingerprint density at radius 3 is 2.45 bits per heavy atom. The molecule has 0 spiro atoms. The van der Waals surface area contributed by atoms with Crippen molar-refractivity contribution >= 4 is 39.5 Å². The van der Waals surface area contributed by atoms with Crippen LogP contribution in [0.1, 0.15) is 16.4 Å². The molecule has 10 heteroatoms. The molecule has 1 aromatic carbocycles. The van der Waals surface area contributed by atoms with E-state index in [-0.39, 0.29) is 0 Å². The minimum atomic E-state index is 0.748. The number of fused-ring (bicyclic) bond motifs is 1. The van der Waals surface area contributed by atoms with Crippen LogP contribution in [0.15, 0.2) is 36.4 Å². The normalized spacial score (nSPS) is 14.7. The molecular formula is C19H19ClN8S. The molecule has 0 bridgehead atoms. The van der Waals surface area contributed by atoms with E-state index >= 15 is 0 Å². The quantitative estimate of drug-likeness (QED) is 0.496. The summed E-state index contributed by atoms with van der Waals surface area (Å²) in [7, 11) is 0. The highest BCUT2D eigenvalue weighted by molar-refractivity contribution is 7.15. The number of nitrogens with zero attached hydrogens (tertiary/aromatic N) is 8. The van der Waals surface area contributed by atoms with E-state index in [4.69, 9.17) is 11.6 Å². The Labute approximate surface area is 176 Å². The first kappa shape index (κ1) is 18.3. The summed E-state index contributed by atoms with van der Waals surface area (Å²) >= 11 is 7.62. The van der Waals surface area contributed by atoms with Gasteiger partial charge in [-0.1, -0.05) is 35.1 Å². The lowest BCUT2D eigenvalue weighted by atomic mass is 10.2. The average Bonchev–Trinajstić information content (AvgIpc) is 3.37. The van der Waals surface area contributed by atoms with E-state index in [2.05, 4.69) is 35.3 Å². The molecule has 148 valence electrons. The maximum Gasteiger partial charge on any atom is 0.208 e. The summed E-state index contributed by atoms with van der Waals surface area (Å²) in [6.07, 6.45) is 0.775. The molecule has 0 saturated carbocycles. The van der Waals surface area contributed by atoms with Gasteiger partial charge in [0.05, 0.1) is 0 Å². The minimum Gasteiger partial charge on any atom is -0.352 e. The first-order valence-corrected chi connectivity index (χ1v) is 10.6. The van der Waals surface area contributed by atoms with E-state index in [1.165, 1.54) is 5.56 Å². The number of hydrogen-bond donors (Lipinski definition) is 0. The van der Waals surface area contributed by atoms with E-state index < -0.39 is 0 Å². The van der Waals surface area contributed by atoms with Crippen LogP contribution >= 0.6 is 22.9 Å². The lowest BCUT2D eigenvalue weighted by molar-refractivity contribution is 0.637. The molecule has 0 unspecified atom stereocenters. The van der Waals surface area contributed by atoms with E-state index in [1.54, 1.807) is 15.9 Å². The van der Waals surface area contributed by atoms with Crippen molar-refractivity contribution in [1.82, 2.24) is 30.0 Å². The molecule has 0 radical (unpaired) electrons. The molecule has 5 rings (SSSR count). The molecule has 1 aliphatic rings. The van der Waals surface area contributed by atoms with Crippen LogP contribution in [0.25, 0.3) is 5.65 Å². The highest BCUT2D eigenvalue weighted by atomic mass is 35.5. The molecule has 1 fully saturated rings. The maximum absolute atomic E-state index is 5.96. The van der Waals surface area contributed by atoms with Crippen LogP contribution in [0.4, 0.5) is 10.9 Å². The highest BCUT2D eigenvalue weighted by Gasteiger charge is 2.21. The molecule has 0 atom stereocenters. The van der Waals surface area contributed by atoms with Crippen molar-refractivity contribution in [3.63, 3.8) is 0 Å². The molecule has 0 amide bonds. The van der Waals surface area contributed by atoms with Gasteiger partial charge in [0.2, 0.25) is 5.13 Å². The number of piperazine rings is 1. The van der Waals surface area contributed by atoms with E-state index in [9.17, 15) is 0 Å². The van der Waals surface area contributed by atoms with Crippen molar-refractivity contribution in [3.8, 4) is 0 Å². The fourth-order valence-electron chi connectivity index (χ4n) is 3.40. The number of benzene rings is 1. The number of aryl methyl sites for hydroxylation is 1. The van der Waals surface area contributed by atoms with Crippen molar-refractivity contribution in [2.24, 2.45) is 0 Å². The van der Waals surface area contributed by atoms with E-state index in [0.29, 0.717) is 0 Å². The third-order valence-corrected chi connectivity index (χ3v) is 6.24. The largest absolute Gasteiger partial charge is 0.352 e. The Morgan fingerprint density at radius 1 is 0.897 bits per heavy atom. The predicted octanol–water partition coefficient (Wildman–Crippen LogP) is 2.86. The van der Waals surface area contributed by atoms with Crippen LogP contribution in [-0.4, -0.2) is 56.2 Å². The Hall–Kier alpha value is -2.78. The van der Waals surface area contributed by atoms with Crippen molar-refractivity contribution in [2.45, 2.75) is 13.3 Å². The summed E-state index contributed by atoms with van der Waals surface area (Å²) in [6.45, 7) is 5.44. The van der Waals surface area contributed by atoms with Gasteiger partial charge in [-0.25, -0.2) is 0 Å². The summed E-state index contributed by atoms with van der Waals surface area (Å²) in [6, 6.07) is 11.8. The zero-order valence-electron chi connectivity index (χ0n) is 15.9. The van der Waals surface area contributed by atoms with Gasteiger partial charge < -0.3 is 9.80 Å². The van der Waals surface area contributed by atoms with Crippen LogP contribution in [0.5, 0.6) is 0 Å². The molecule has 4 aromatic rings. The maximum atomic E-state index is 5.96. The van der Waals surface area contributed by atoms with Gasteiger partial charge in [0.1, 0.15) is 10.8 Å². The van der Waals surface area contributed by atoms with Crippen LogP contribution in [-0.2, 0) is 6.42 Å². The van der Waals surface area contributed by atoms with Gasteiger partial charge in [-0.3, -0.25) is 0 Å². The molecule has 29 heavy (non-hydrogen) atoms. The number of rotatable bonds is 4. The summed E-state index contributed by atoms with van der Waals surface area (Å²) in [4.78, 5) is 4.58. The SMILES string of the molecule is Cc1nnc2ccc(N3CCN(c4nnc(Cc5ccc(Cl)cc5)s4)CC3)nn12. The van der Waals surface area contributed by atoms with E-state index in [1.807, 2.05) is 43.3 Å². The Morgan fingerprint density at radius 2 is 1.66 bits per heavy atom. The van der Waals surface area contributed by atoms with Gasteiger partial charge in [0, 0.05) is 37.6 Å². The number of halogens is 1. The average molecular weight is 427 g/mol. The van der Waals surface area contributed by atoms with Crippen molar-refractivity contribution in [1.29, 1.82) is 0 Å². The number of anilines is 2. The lowest BCUT2D eigenvalue weighted by Gasteiger charge is -2.34. The highest BCUT2D eigenvalue weighted by Crippen LogP contribution is 2.25. The summed E-state index contributed by atoms with van der Waals surface area (Å²) in [5, 5.41) is 24.4. The lowest BCUT2D eigenvalue weighted by Crippen LogP contribution is -2.47. The third-order valence-electron chi connectivity index (χ3n) is 5.00. The Bertz CT molecular complexity index is 1130. The summed E-state index contributed by atoms with van der Waals surface area (Å²) in [5.41, 5.74) is 1.96. The predicted molar refractivity (Wildman–Crippen MR) is 114 cm³/mol. The Kier molecular flexibility index (Phi) is 4.76. The second-order valence-electron chi connectivity index (χ2n) is 6.96. The fraction of sp³-hybridized carbons (Fsp3) is 0.316. The van der Waals surface area contributed by atoms with Gasteiger partial charge in [0.15, 0.2) is 11.5 Å². The van der Waals surface area contributed by atoms with E-state index in [0.717, 1.165) is 65.1 Å². The monoisotopic (exact) mass is 426 g/mol. The second-order valence-corrected chi connectivity index (χ2v) is 8.44. The smallest absolute Gasteiger partial charge is 0.208 e. The number of aromatic nitrogens is 6. The first-order chi connectivity index (χ1) is 14.2. The molecular weight excluding hydrogens is 408 g/mol. The molecule has 4 heterocycles. The third kappa shape index (κ3) is 3.75. The molecule has 1 saturated heterocycles. The second kappa shape index (κ2) is 7.57. The van der Waals surface area contributed by atoms with Gasteiger partial charge >= 0.3 is 0 Å². The van der Waals surface area contributed by atoms with Crippen LogP contribution < -0.4 is 9.80 Å².